The van der Waals surface area contributed by atoms with Crippen LogP contribution in [0.4, 0.5) is 11.4 Å². The van der Waals surface area contributed by atoms with Crippen molar-refractivity contribution in [2.75, 3.05) is 12.4 Å². The van der Waals surface area contributed by atoms with Gasteiger partial charge in [0, 0.05) is 22.9 Å². The van der Waals surface area contributed by atoms with E-state index in [-0.39, 0.29) is 16.8 Å². The van der Waals surface area contributed by atoms with Gasteiger partial charge in [-0.15, -0.1) is 0 Å². The Balaban J connectivity index is 2.25. The quantitative estimate of drug-likeness (QED) is 0.516. The third kappa shape index (κ3) is 3.75. The van der Waals surface area contributed by atoms with E-state index in [0.29, 0.717) is 17.7 Å². The Morgan fingerprint density at radius 1 is 1.17 bits per heavy atom. The smallest absolute Gasteiger partial charge is 0.337 e. The van der Waals surface area contributed by atoms with E-state index < -0.39 is 16.8 Å². The molecular formula is C17H16N2O5. The minimum Gasteiger partial charge on any atom is -0.465 e. The number of nitro benzene ring substituents is 1. The molecule has 0 saturated carbocycles. The van der Waals surface area contributed by atoms with Gasteiger partial charge in [-0.25, -0.2) is 4.79 Å². The molecule has 2 rings (SSSR count). The van der Waals surface area contributed by atoms with E-state index in [1.807, 2.05) is 6.92 Å². The number of anilines is 1. The van der Waals surface area contributed by atoms with E-state index in [4.69, 9.17) is 0 Å². The Labute approximate surface area is 138 Å². The summed E-state index contributed by atoms with van der Waals surface area (Å²) in [6.45, 7) is 1.82. The fourth-order valence-corrected chi connectivity index (χ4v) is 2.22. The van der Waals surface area contributed by atoms with Crippen LogP contribution < -0.4 is 5.32 Å². The van der Waals surface area contributed by atoms with Gasteiger partial charge < -0.3 is 10.1 Å². The average Bonchev–Trinajstić information content (AvgIpc) is 2.60. The molecule has 0 spiro atoms. The lowest BCUT2D eigenvalue weighted by atomic mass is 10.1. The van der Waals surface area contributed by atoms with E-state index in [1.54, 1.807) is 18.2 Å². The van der Waals surface area contributed by atoms with Crippen LogP contribution in [0.25, 0.3) is 0 Å². The van der Waals surface area contributed by atoms with E-state index in [9.17, 15) is 19.7 Å². The Morgan fingerprint density at radius 2 is 1.88 bits per heavy atom. The van der Waals surface area contributed by atoms with E-state index in [1.165, 1.54) is 31.4 Å². The molecule has 1 amide bonds. The normalized spacial score (nSPS) is 10.1. The topological polar surface area (TPSA) is 98.5 Å². The first-order chi connectivity index (χ1) is 11.5. The van der Waals surface area contributed by atoms with Crippen molar-refractivity contribution >= 4 is 23.3 Å². The van der Waals surface area contributed by atoms with Gasteiger partial charge in [0.1, 0.15) is 0 Å². The molecule has 0 heterocycles. The highest BCUT2D eigenvalue weighted by Gasteiger charge is 2.15. The van der Waals surface area contributed by atoms with Gasteiger partial charge in [0.15, 0.2) is 0 Å². The zero-order valence-corrected chi connectivity index (χ0v) is 13.2. The summed E-state index contributed by atoms with van der Waals surface area (Å²) in [7, 11) is 1.25. The molecule has 7 nitrogen and oxygen atoms in total. The second kappa shape index (κ2) is 7.36. The fraction of sp³-hybridized carbons (Fsp3) is 0.176. The molecule has 0 unspecified atom stereocenters. The number of nitrogens with one attached hydrogen (secondary N) is 1. The Hall–Kier alpha value is -3.22. The molecule has 0 bridgehead atoms. The van der Waals surface area contributed by atoms with Crippen molar-refractivity contribution < 1.29 is 19.2 Å². The minimum atomic E-state index is -0.549. The van der Waals surface area contributed by atoms with Crippen LogP contribution in [0.1, 0.15) is 33.2 Å². The van der Waals surface area contributed by atoms with Gasteiger partial charge in [0.2, 0.25) is 0 Å². The minimum absolute atomic E-state index is 0.0430. The van der Waals surface area contributed by atoms with Crippen LogP contribution in [0.3, 0.4) is 0 Å². The number of amides is 1. The number of aryl methyl sites for hydroxylation is 1. The number of nitrogens with zero attached hydrogens (tertiary/aromatic N) is 1. The van der Waals surface area contributed by atoms with Crippen LogP contribution in [0.2, 0.25) is 0 Å². The summed E-state index contributed by atoms with van der Waals surface area (Å²) in [6.07, 6.45) is 0.520. The third-order valence-electron chi connectivity index (χ3n) is 3.47. The van der Waals surface area contributed by atoms with Gasteiger partial charge in [0.05, 0.1) is 17.6 Å². The standard InChI is InChI=1S/C17H16N2O5/c1-3-11-7-8-14(10-15(11)19(22)23)18-16(20)12-5-4-6-13(9-12)17(21)24-2/h4-10H,3H2,1-2H3,(H,18,20). The maximum Gasteiger partial charge on any atom is 0.337 e. The number of methoxy groups -OCH3 is 1. The molecule has 24 heavy (non-hydrogen) atoms. The van der Waals surface area contributed by atoms with Crippen molar-refractivity contribution in [3.05, 3.63) is 69.3 Å². The average molecular weight is 328 g/mol. The highest BCUT2D eigenvalue weighted by Crippen LogP contribution is 2.24. The van der Waals surface area contributed by atoms with Gasteiger partial charge in [0.25, 0.3) is 11.6 Å². The Kier molecular flexibility index (Phi) is 5.26. The van der Waals surface area contributed by atoms with Gasteiger partial charge in [-0.05, 0) is 30.7 Å². The number of hydrogen-bond donors (Lipinski definition) is 1. The number of benzene rings is 2. The first-order valence-electron chi connectivity index (χ1n) is 7.23. The lowest BCUT2D eigenvalue weighted by molar-refractivity contribution is -0.385. The molecule has 0 aliphatic heterocycles. The molecule has 2 aromatic rings. The van der Waals surface area contributed by atoms with Crippen LogP contribution in [-0.4, -0.2) is 23.9 Å². The highest BCUT2D eigenvalue weighted by molar-refractivity contribution is 6.05. The van der Waals surface area contributed by atoms with Gasteiger partial charge in [-0.2, -0.15) is 0 Å². The SMILES string of the molecule is CCc1ccc(NC(=O)c2cccc(C(=O)OC)c2)cc1[N+](=O)[O-]. The summed E-state index contributed by atoms with van der Waals surface area (Å²) in [6, 6.07) is 10.6. The molecule has 0 aromatic heterocycles. The largest absolute Gasteiger partial charge is 0.465 e. The first-order valence-corrected chi connectivity index (χ1v) is 7.23. The predicted octanol–water partition coefficient (Wildman–Crippen LogP) is 3.20. The number of rotatable bonds is 5. The molecule has 0 atom stereocenters. The van der Waals surface area contributed by atoms with Crippen molar-refractivity contribution in [1.29, 1.82) is 0 Å². The maximum absolute atomic E-state index is 12.3. The molecule has 0 saturated heterocycles. The van der Waals surface area contributed by atoms with Crippen LogP contribution in [0.15, 0.2) is 42.5 Å². The van der Waals surface area contributed by atoms with Crippen LogP contribution in [0.5, 0.6) is 0 Å². The summed E-state index contributed by atoms with van der Waals surface area (Å²) in [5.41, 5.74) is 1.36. The zero-order valence-electron chi connectivity index (χ0n) is 13.2. The second-order valence-corrected chi connectivity index (χ2v) is 4.98. The summed E-state index contributed by atoms with van der Waals surface area (Å²) >= 11 is 0. The van der Waals surface area contributed by atoms with Crippen molar-refractivity contribution in [3.8, 4) is 0 Å². The number of carbonyl (C=O) groups is 2. The summed E-state index contributed by atoms with van der Waals surface area (Å²) < 4.78 is 4.61. The predicted molar refractivity (Wildman–Crippen MR) is 88.2 cm³/mol. The Morgan fingerprint density at radius 3 is 2.50 bits per heavy atom. The van der Waals surface area contributed by atoms with Gasteiger partial charge >= 0.3 is 5.97 Å². The fourth-order valence-electron chi connectivity index (χ4n) is 2.22. The third-order valence-corrected chi connectivity index (χ3v) is 3.47. The molecule has 0 aliphatic carbocycles. The van der Waals surface area contributed by atoms with E-state index in [0.717, 1.165) is 0 Å². The van der Waals surface area contributed by atoms with Crippen LogP contribution in [0, 0.1) is 10.1 Å². The molecule has 7 heteroatoms. The van der Waals surface area contributed by atoms with Crippen molar-refractivity contribution in [2.24, 2.45) is 0 Å². The lowest BCUT2D eigenvalue weighted by Crippen LogP contribution is -2.13. The van der Waals surface area contributed by atoms with Crippen LogP contribution in [-0.2, 0) is 11.2 Å². The van der Waals surface area contributed by atoms with Gasteiger partial charge in [-0.1, -0.05) is 19.1 Å². The van der Waals surface area contributed by atoms with Gasteiger partial charge in [-0.3, -0.25) is 14.9 Å². The second-order valence-electron chi connectivity index (χ2n) is 4.98. The van der Waals surface area contributed by atoms with E-state index in [2.05, 4.69) is 10.1 Å². The molecule has 124 valence electrons. The van der Waals surface area contributed by atoms with Crippen molar-refractivity contribution in [2.45, 2.75) is 13.3 Å². The molecule has 0 aliphatic rings. The number of carbonyl (C=O) groups excluding carboxylic acids is 2. The number of hydrogen-bond acceptors (Lipinski definition) is 5. The maximum atomic E-state index is 12.3. The molecule has 2 aromatic carbocycles. The number of ether oxygens (including phenoxy) is 1. The molecular weight excluding hydrogens is 312 g/mol. The monoisotopic (exact) mass is 328 g/mol. The van der Waals surface area contributed by atoms with Crippen LogP contribution >= 0.6 is 0 Å². The zero-order chi connectivity index (χ0) is 17.7. The van der Waals surface area contributed by atoms with E-state index >= 15 is 0 Å². The molecule has 0 radical (unpaired) electrons. The lowest BCUT2D eigenvalue weighted by Gasteiger charge is -2.08. The summed E-state index contributed by atoms with van der Waals surface area (Å²) in [5.74, 6) is -1.02. The first kappa shape index (κ1) is 17.1. The Bertz CT molecular complexity index is 801. The van der Waals surface area contributed by atoms with Crippen molar-refractivity contribution in [3.63, 3.8) is 0 Å². The molecule has 1 N–H and O–H groups in total. The summed E-state index contributed by atoms with van der Waals surface area (Å²) in [4.78, 5) is 34.4. The summed E-state index contributed by atoms with van der Waals surface area (Å²) in [5, 5.41) is 13.7. The van der Waals surface area contributed by atoms with Crippen molar-refractivity contribution in [1.82, 2.24) is 0 Å². The number of esters is 1. The highest BCUT2D eigenvalue weighted by atomic mass is 16.6. The number of nitro groups is 1. The molecule has 0 fully saturated rings.